The van der Waals surface area contributed by atoms with E-state index in [-0.39, 0.29) is 6.09 Å². The maximum Gasteiger partial charge on any atom is 0.410 e. The lowest BCUT2D eigenvalue weighted by atomic mass is 10.1. The number of amides is 1. The smallest absolute Gasteiger partial charge is 0.410 e. The van der Waals surface area contributed by atoms with Crippen molar-refractivity contribution < 1.29 is 9.53 Å². The van der Waals surface area contributed by atoms with Gasteiger partial charge in [0.2, 0.25) is 0 Å². The van der Waals surface area contributed by atoms with Crippen molar-refractivity contribution in [3.8, 4) is 0 Å². The van der Waals surface area contributed by atoms with Gasteiger partial charge >= 0.3 is 6.09 Å². The Morgan fingerprint density at radius 2 is 2.10 bits per heavy atom. The summed E-state index contributed by atoms with van der Waals surface area (Å²) in [5.74, 6) is 0. The third-order valence-electron chi connectivity index (χ3n) is 3.53. The Bertz CT molecular complexity index is 643. The van der Waals surface area contributed by atoms with Gasteiger partial charge in [0.1, 0.15) is 6.61 Å². The molecule has 0 saturated carbocycles. The summed E-state index contributed by atoms with van der Waals surface area (Å²) in [5, 5.41) is 8.23. The summed E-state index contributed by atoms with van der Waals surface area (Å²) in [6.45, 7) is 3.37. The highest BCUT2D eigenvalue weighted by Gasteiger charge is 2.23. The van der Waals surface area contributed by atoms with Crippen molar-refractivity contribution in [2.45, 2.75) is 26.5 Å². The Kier molecular flexibility index (Phi) is 3.81. The van der Waals surface area contributed by atoms with Crippen LogP contribution < -0.4 is 0 Å². The molecule has 0 fully saturated rings. The van der Waals surface area contributed by atoms with E-state index in [2.05, 4.69) is 10.2 Å². The van der Waals surface area contributed by atoms with Crippen LogP contribution in [-0.4, -0.2) is 27.7 Å². The topological polar surface area (TPSA) is 55.3 Å². The fraction of sp³-hybridized carbons (Fsp3) is 0.312. The zero-order chi connectivity index (χ0) is 14.7. The Balaban J connectivity index is 1.61. The van der Waals surface area contributed by atoms with Crippen LogP contribution in [0.2, 0.25) is 0 Å². The van der Waals surface area contributed by atoms with E-state index in [0.717, 1.165) is 28.9 Å². The second-order valence-electron chi connectivity index (χ2n) is 5.17. The molecule has 2 aromatic rings. The van der Waals surface area contributed by atoms with E-state index in [1.165, 1.54) is 0 Å². The van der Waals surface area contributed by atoms with E-state index in [1.807, 2.05) is 43.3 Å². The Labute approximate surface area is 123 Å². The largest absolute Gasteiger partial charge is 0.445 e. The minimum absolute atomic E-state index is 0.279. The van der Waals surface area contributed by atoms with Crippen LogP contribution >= 0.6 is 0 Å². The van der Waals surface area contributed by atoms with Crippen LogP contribution in [0, 0.1) is 6.92 Å². The lowest BCUT2D eigenvalue weighted by Gasteiger charge is -2.27. The number of aryl methyl sites for hydroxylation is 1. The molecule has 1 aromatic heterocycles. The maximum atomic E-state index is 12.1. The highest BCUT2D eigenvalue weighted by atomic mass is 16.6. The van der Waals surface area contributed by atoms with Gasteiger partial charge in [0.25, 0.3) is 0 Å². The molecule has 0 spiro atoms. The van der Waals surface area contributed by atoms with Crippen LogP contribution in [0.4, 0.5) is 4.79 Å². The average molecular weight is 283 g/mol. The van der Waals surface area contributed by atoms with Crippen molar-refractivity contribution in [2.75, 3.05) is 6.54 Å². The lowest BCUT2D eigenvalue weighted by Crippen LogP contribution is -2.36. The minimum atomic E-state index is -0.279. The van der Waals surface area contributed by atoms with Gasteiger partial charge in [-0.3, -0.25) is 0 Å². The van der Waals surface area contributed by atoms with E-state index in [1.54, 1.807) is 4.90 Å². The van der Waals surface area contributed by atoms with Crippen molar-refractivity contribution in [1.82, 2.24) is 15.1 Å². The number of ether oxygens (including phenoxy) is 1. The Hall–Kier alpha value is -2.43. The normalized spacial score (nSPS) is 13.7. The molecule has 0 N–H and O–H groups in total. The molecule has 1 aromatic carbocycles. The Morgan fingerprint density at radius 1 is 1.29 bits per heavy atom. The number of rotatable bonds is 2. The molecule has 1 aliphatic rings. The van der Waals surface area contributed by atoms with Gasteiger partial charge in [-0.2, -0.15) is 10.2 Å². The summed E-state index contributed by atoms with van der Waals surface area (Å²) in [5.41, 5.74) is 3.90. The predicted molar refractivity (Wildman–Crippen MR) is 77.5 cm³/mol. The van der Waals surface area contributed by atoms with Gasteiger partial charge in [-0.25, -0.2) is 4.79 Å². The number of hydrogen-bond donors (Lipinski definition) is 0. The van der Waals surface area contributed by atoms with Gasteiger partial charge in [-0.1, -0.05) is 30.3 Å². The third-order valence-corrected chi connectivity index (χ3v) is 3.53. The second kappa shape index (κ2) is 5.91. The van der Waals surface area contributed by atoms with Crippen LogP contribution in [0.15, 0.2) is 36.4 Å². The standard InChI is InChI=1S/C16H17N3O2/c1-12-9-14-10-19(8-7-15(14)18-17-12)16(20)21-11-13-5-3-2-4-6-13/h2-6,9H,7-8,10-11H2,1H3. The first-order chi connectivity index (χ1) is 10.2. The second-order valence-corrected chi connectivity index (χ2v) is 5.17. The summed E-state index contributed by atoms with van der Waals surface area (Å²) in [4.78, 5) is 13.8. The molecule has 0 atom stereocenters. The molecule has 108 valence electrons. The molecule has 21 heavy (non-hydrogen) atoms. The fourth-order valence-electron chi connectivity index (χ4n) is 2.41. The molecular weight excluding hydrogens is 266 g/mol. The van der Waals surface area contributed by atoms with Gasteiger partial charge < -0.3 is 9.64 Å². The quantitative estimate of drug-likeness (QED) is 0.849. The van der Waals surface area contributed by atoms with Crippen molar-refractivity contribution in [2.24, 2.45) is 0 Å². The van der Waals surface area contributed by atoms with Crippen molar-refractivity contribution in [3.63, 3.8) is 0 Å². The van der Waals surface area contributed by atoms with Crippen LogP contribution in [0.1, 0.15) is 22.5 Å². The van der Waals surface area contributed by atoms with Gasteiger partial charge in [0.05, 0.1) is 17.9 Å². The first-order valence-corrected chi connectivity index (χ1v) is 7.00. The van der Waals surface area contributed by atoms with Crippen LogP contribution in [0.5, 0.6) is 0 Å². The van der Waals surface area contributed by atoms with E-state index in [9.17, 15) is 4.79 Å². The van der Waals surface area contributed by atoms with Crippen LogP contribution in [-0.2, 0) is 24.3 Å². The molecule has 5 heteroatoms. The minimum Gasteiger partial charge on any atom is -0.445 e. The zero-order valence-corrected chi connectivity index (χ0v) is 12.0. The van der Waals surface area contributed by atoms with Crippen LogP contribution in [0.3, 0.4) is 0 Å². The predicted octanol–water partition coefficient (Wildman–Crippen LogP) is 2.48. The van der Waals surface area contributed by atoms with Crippen molar-refractivity contribution >= 4 is 6.09 Å². The molecule has 2 heterocycles. The third kappa shape index (κ3) is 3.18. The zero-order valence-electron chi connectivity index (χ0n) is 12.0. The molecule has 0 radical (unpaired) electrons. The maximum absolute atomic E-state index is 12.1. The molecule has 0 aliphatic carbocycles. The molecule has 1 amide bonds. The molecule has 0 saturated heterocycles. The Morgan fingerprint density at radius 3 is 2.90 bits per heavy atom. The molecule has 3 rings (SSSR count). The highest BCUT2D eigenvalue weighted by molar-refractivity contribution is 5.68. The number of carbonyl (C=O) groups excluding carboxylic acids is 1. The monoisotopic (exact) mass is 283 g/mol. The number of carbonyl (C=O) groups is 1. The van der Waals surface area contributed by atoms with Gasteiger partial charge in [0, 0.05) is 13.0 Å². The number of fused-ring (bicyclic) bond motifs is 1. The summed E-state index contributed by atoms with van der Waals surface area (Å²) in [6, 6.07) is 11.7. The van der Waals surface area contributed by atoms with Crippen LogP contribution in [0.25, 0.3) is 0 Å². The fourth-order valence-corrected chi connectivity index (χ4v) is 2.41. The molecule has 0 unspecified atom stereocenters. The van der Waals surface area contributed by atoms with Gasteiger partial charge in [0.15, 0.2) is 0 Å². The first kappa shape index (κ1) is 13.5. The molecule has 0 bridgehead atoms. The van der Waals surface area contributed by atoms with Crippen molar-refractivity contribution in [3.05, 3.63) is 58.9 Å². The van der Waals surface area contributed by atoms with E-state index >= 15 is 0 Å². The SMILES string of the molecule is Cc1cc2c(nn1)CCN(C(=O)OCc1ccccc1)C2. The molecular formula is C16H17N3O2. The number of aromatic nitrogens is 2. The number of benzene rings is 1. The van der Waals surface area contributed by atoms with E-state index in [4.69, 9.17) is 4.74 Å². The average Bonchev–Trinajstić information content (AvgIpc) is 2.53. The first-order valence-electron chi connectivity index (χ1n) is 7.00. The van der Waals surface area contributed by atoms with Gasteiger partial charge in [-0.05, 0) is 24.1 Å². The van der Waals surface area contributed by atoms with Gasteiger partial charge in [-0.15, -0.1) is 0 Å². The number of hydrogen-bond acceptors (Lipinski definition) is 4. The lowest BCUT2D eigenvalue weighted by molar-refractivity contribution is 0.0915. The van der Waals surface area contributed by atoms with E-state index < -0.39 is 0 Å². The summed E-state index contributed by atoms with van der Waals surface area (Å²) < 4.78 is 5.36. The van der Waals surface area contributed by atoms with E-state index in [0.29, 0.717) is 19.7 Å². The molecule has 5 nitrogen and oxygen atoms in total. The highest BCUT2D eigenvalue weighted by Crippen LogP contribution is 2.18. The summed E-state index contributed by atoms with van der Waals surface area (Å²) >= 11 is 0. The van der Waals surface area contributed by atoms with Crippen molar-refractivity contribution in [1.29, 1.82) is 0 Å². The summed E-state index contributed by atoms with van der Waals surface area (Å²) in [6.07, 6.45) is 0.447. The molecule has 1 aliphatic heterocycles. The summed E-state index contributed by atoms with van der Waals surface area (Å²) in [7, 11) is 0. The number of nitrogens with zero attached hydrogens (tertiary/aromatic N) is 3.